The number of hydrogen-bond donors (Lipinski definition) is 1. The molecule has 2 aromatic rings. The topological polar surface area (TPSA) is 58.4 Å². The van der Waals surface area contributed by atoms with Crippen molar-refractivity contribution in [1.82, 2.24) is 14.7 Å². The zero-order chi connectivity index (χ0) is 18.1. The smallest absolute Gasteiger partial charge is 0.257 e. The van der Waals surface area contributed by atoms with Crippen molar-refractivity contribution >= 4 is 5.91 Å². The summed E-state index contributed by atoms with van der Waals surface area (Å²) in [6.07, 6.45) is 2.62. The number of benzene rings is 1. The molecule has 2 heterocycles. The van der Waals surface area contributed by atoms with Crippen LogP contribution in [0.4, 0.5) is 8.78 Å². The van der Waals surface area contributed by atoms with Gasteiger partial charge >= 0.3 is 0 Å². The summed E-state index contributed by atoms with van der Waals surface area (Å²) in [5.41, 5.74) is 0.607. The third-order valence-electron chi connectivity index (χ3n) is 4.75. The number of carbonyl (C=O) groups is 1. The zero-order valence-corrected chi connectivity index (χ0v) is 14.2. The third-order valence-corrected chi connectivity index (χ3v) is 4.75. The molecule has 0 aliphatic carbocycles. The van der Waals surface area contributed by atoms with E-state index in [0.29, 0.717) is 18.7 Å². The molecule has 1 aliphatic heterocycles. The van der Waals surface area contributed by atoms with Crippen LogP contribution in [0.15, 0.2) is 24.4 Å². The average molecular weight is 349 g/mol. The van der Waals surface area contributed by atoms with Crippen LogP contribution in [0.25, 0.3) is 11.3 Å². The van der Waals surface area contributed by atoms with Crippen molar-refractivity contribution in [2.24, 2.45) is 13.0 Å². The normalized spacial score (nSPS) is 16.9. The van der Waals surface area contributed by atoms with Gasteiger partial charge in [0.05, 0.1) is 11.7 Å². The van der Waals surface area contributed by atoms with Gasteiger partial charge in [-0.1, -0.05) is 0 Å². The van der Waals surface area contributed by atoms with Crippen LogP contribution in [0.3, 0.4) is 0 Å². The van der Waals surface area contributed by atoms with Gasteiger partial charge in [-0.3, -0.25) is 9.48 Å². The van der Waals surface area contributed by atoms with Gasteiger partial charge in [0.25, 0.3) is 5.91 Å². The zero-order valence-electron chi connectivity index (χ0n) is 14.2. The number of carbonyl (C=O) groups excluding carboxylic acids is 1. The molecule has 1 amide bonds. The number of piperidine rings is 1. The second kappa shape index (κ2) is 6.92. The summed E-state index contributed by atoms with van der Waals surface area (Å²) in [6, 6.07) is 3.23. The summed E-state index contributed by atoms with van der Waals surface area (Å²) >= 11 is 0. The second-order valence-corrected chi connectivity index (χ2v) is 6.56. The van der Waals surface area contributed by atoms with Crippen molar-refractivity contribution in [3.63, 3.8) is 0 Å². The van der Waals surface area contributed by atoms with Crippen LogP contribution >= 0.6 is 0 Å². The van der Waals surface area contributed by atoms with Gasteiger partial charge in [0, 0.05) is 38.0 Å². The number of halogens is 2. The van der Waals surface area contributed by atoms with E-state index < -0.39 is 11.6 Å². The van der Waals surface area contributed by atoms with Gasteiger partial charge in [-0.05, 0) is 37.8 Å². The molecule has 1 unspecified atom stereocenters. The van der Waals surface area contributed by atoms with E-state index in [2.05, 4.69) is 5.10 Å². The minimum atomic E-state index is -0.749. The minimum Gasteiger partial charge on any atom is -0.393 e. The number of rotatable bonds is 3. The number of nitrogens with zero attached hydrogens (tertiary/aromatic N) is 3. The van der Waals surface area contributed by atoms with Gasteiger partial charge in [-0.2, -0.15) is 5.10 Å². The number of aliphatic hydroxyl groups is 1. The van der Waals surface area contributed by atoms with Gasteiger partial charge in [0.2, 0.25) is 0 Å². The molecule has 0 saturated carbocycles. The van der Waals surface area contributed by atoms with E-state index >= 15 is 0 Å². The van der Waals surface area contributed by atoms with Gasteiger partial charge in [-0.25, -0.2) is 8.78 Å². The first-order valence-corrected chi connectivity index (χ1v) is 8.33. The lowest BCUT2D eigenvalue weighted by molar-refractivity contribution is 0.0522. The Hall–Kier alpha value is -2.28. The average Bonchev–Trinajstić information content (AvgIpc) is 2.95. The third kappa shape index (κ3) is 3.56. The second-order valence-electron chi connectivity index (χ2n) is 6.56. The van der Waals surface area contributed by atoms with E-state index in [-0.39, 0.29) is 29.2 Å². The molecule has 0 radical (unpaired) electrons. The fourth-order valence-electron chi connectivity index (χ4n) is 3.28. The maximum atomic E-state index is 14.1. The summed E-state index contributed by atoms with van der Waals surface area (Å²) in [5.74, 6) is -1.46. The van der Waals surface area contributed by atoms with E-state index in [9.17, 15) is 18.7 Å². The maximum Gasteiger partial charge on any atom is 0.257 e. The van der Waals surface area contributed by atoms with Crippen molar-refractivity contribution in [2.75, 3.05) is 13.1 Å². The van der Waals surface area contributed by atoms with Gasteiger partial charge in [-0.15, -0.1) is 0 Å². The van der Waals surface area contributed by atoms with E-state index in [1.807, 2.05) is 0 Å². The predicted molar refractivity (Wildman–Crippen MR) is 88.9 cm³/mol. The molecule has 1 aromatic carbocycles. The van der Waals surface area contributed by atoms with Gasteiger partial charge in [0.15, 0.2) is 0 Å². The number of hydrogen-bond acceptors (Lipinski definition) is 3. The summed E-state index contributed by atoms with van der Waals surface area (Å²) in [5, 5.41) is 13.9. The number of aliphatic hydroxyl groups excluding tert-OH is 1. The van der Waals surface area contributed by atoms with Crippen LogP contribution < -0.4 is 0 Å². The summed E-state index contributed by atoms with van der Waals surface area (Å²) < 4.78 is 28.7. The Bertz CT molecular complexity index is 781. The van der Waals surface area contributed by atoms with E-state index in [1.54, 1.807) is 25.1 Å². The van der Waals surface area contributed by atoms with Crippen molar-refractivity contribution < 1.29 is 18.7 Å². The Morgan fingerprint density at radius 3 is 2.60 bits per heavy atom. The van der Waals surface area contributed by atoms with E-state index in [1.165, 1.54) is 10.7 Å². The first-order valence-electron chi connectivity index (χ1n) is 8.33. The first-order chi connectivity index (χ1) is 11.9. The molecule has 1 aromatic heterocycles. The Morgan fingerprint density at radius 2 is 2.00 bits per heavy atom. The fourth-order valence-corrected chi connectivity index (χ4v) is 3.28. The molecule has 1 aliphatic rings. The highest BCUT2D eigenvalue weighted by atomic mass is 19.1. The molecular weight excluding hydrogens is 328 g/mol. The van der Waals surface area contributed by atoms with E-state index in [4.69, 9.17) is 0 Å². The molecule has 7 heteroatoms. The SMILES string of the molecule is CC(O)C1CCN(C(=O)c2cn(C)nc2-c2ccc(F)cc2F)CC1. The van der Waals surface area contributed by atoms with Crippen LogP contribution in [0, 0.1) is 17.6 Å². The highest BCUT2D eigenvalue weighted by Crippen LogP contribution is 2.28. The summed E-state index contributed by atoms with van der Waals surface area (Å²) in [7, 11) is 1.65. The number of amides is 1. The lowest BCUT2D eigenvalue weighted by Crippen LogP contribution is -2.40. The molecular formula is C18H21F2N3O2. The minimum absolute atomic E-state index is 0.101. The lowest BCUT2D eigenvalue weighted by atomic mass is 9.92. The Balaban J connectivity index is 1.87. The van der Waals surface area contributed by atoms with Gasteiger partial charge < -0.3 is 10.0 Å². The molecule has 1 fully saturated rings. The maximum absolute atomic E-state index is 14.1. The van der Waals surface area contributed by atoms with Crippen molar-refractivity contribution in [3.05, 3.63) is 41.6 Å². The Morgan fingerprint density at radius 1 is 1.32 bits per heavy atom. The number of aromatic nitrogens is 2. The number of likely N-dealkylation sites (tertiary alicyclic amines) is 1. The largest absolute Gasteiger partial charge is 0.393 e. The van der Waals surface area contributed by atoms with Gasteiger partial charge in [0.1, 0.15) is 17.3 Å². The molecule has 1 N–H and O–H groups in total. The highest BCUT2D eigenvalue weighted by molar-refractivity contribution is 5.99. The number of aryl methyl sites for hydroxylation is 1. The molecule has 1 saturated heterocycles. The molecule has 0 spiro atoms. The predicted octanol–water partition coefficient (Wildman–Crippen LogP) is 2.60. The lowest BCUT2D eigenvalue weighted by Gasteiger charge is -2.33. The molecule has 1 atom stereocenters. The summed E-state index contributed by atoms with van der Waals surface area (Å²) in [4.78, 5) is 14.6. The monoisotopic (exact) mass is 349 g/mol. The van der Waals surface area contributed by atoms with Crippen LogP contribution in [0.1, 0.15) is 30.1 Å². The molecule has 134 valence electrons. The summed E-state index contributed by atoms with van der Waals surface area (Å²) in [6.45, 7) is 2.84. The first kappa shape index (κ1) is 17.5. The van der Waals surface area contributed by atoms with Crippen molar-refractivity contribution in [2.45, 2.75) is 25.9 Å². The van der Waals surface area contributed by atoms with Crippen LogP contribution in [0.2, 0.25) is 0 Å². The molecule has 5 nitrogen and oxygen atoms in total. The quantitative estimate of drug-likeness (QED) is 0.927. The standard InChI is InChI=1S/C18H21F2N3O2/c1-11(24)12-5-7-23(8-6-12)18(25)15-10-22(2)21-17(15)14-4-3-13(19)9-16(14)20/h3-4,9-12,24H,5-8H2,1-2H3. The van der Waals surface area contributed by atoms with Crippen molar-refractivity contribution in [3.8, 4) is 11.3 Å². The fraction of sp³-hybridized carbons (Fsp3) is 0.444. The van der Waals surface area contributed by atoms with E-state index in [0.717, 1.165) is 25.0 Å². The molecule has 25 heavy (non-hydrogen) atoms. The van der Waals surface area contributed by atoms with Crippen LogP contribution in [-0.2, 0) is 7.05 Å². The Labute approximate surface area is 144 Å². The van der Waals surface area contributed by atoms with Crippen LogP contribution in [0.5, 0.6) is 0 Å². The highest BCUT2D eigenvalue weighted by Gasteiger charge is 2.29. The van der Waals surface area contributed by atoms with Crippen molar-refractivity contribution in [1.29, 1.82) is 0 Å². The molecule has 3 rings (SSSR count). The van der Waals surface area contributed by atoms with Crippen LogP contribution in [-0.4, -0.2) is 44.9 Å². The molecule has 0 bridgehead atoms. The Kier molecular flexibility index (Phi) is 4.85.